The van der Waals surface area contributed by atoms with Crippen LogP contribution in [-0.4, -0.2) is 12.3 Å². The number of nitrogens with one attached hydrogen (secondary N) is 1. The number of rotatable bonds is 9. The molecule has 0 aromatic carbocycles. The summed E-state index contributed by atoms with van der Waals surface area (Å²) >= 11 is 0. The average Bonchev–Trinajstić information content (AvgIpc) is 2.45. The molecule has 1 aromatic heterocycles. The molecule has 3 heteroatoms. The summed E-state index contributed by atoms with van der Waals surface area (Å²) in [5.41, 5.74) is 1.71. The third kappa shape index (κ3) is 4.70. The molecule has 0 aliphatic rings. The van der Waals surface area contributed by atoms with Crippen molar-refractivity contribution in [2.75, 3.05) is 0 Å². The van der Waals surface area contributed by atoms with Gasteiger partial charge in [-0.25, -0.2) is 0 Å². The molecular weight excluding hydrogens is 245 g/mol. The number of aromatic amines is 1. The Labute approximate surface area is 123 Å². The quantitative estimate of drug-likeness (QED) is 0.672. The third-order valence-corrected chi connectivity index (χ3v) is 4.22. The highest BCUT2D eigenvalue weighted by atomic mass is 16.1. The van der Waals surface area contributed by atoms with Crippen LogP contribution < -0.4 is 5.56 Å². The molecule has 0 radical (unpaired) electrons. The van der Waals surface area contributed by atoms with E-state index >= 15 is 0 Å². The molecule has 0 aliphatic carbocycles. The van der Waals surface area contributed by atoms with Gasteiger partial charge in [-0.05, 0) is 18.1 Å². The van der Waals surface area contributed by atoms with Gasteiger partial charge in [0, 0.05) is 11.8 Å². The van der Waals surface area contributed by atoms with Crippen LogP contribution in [0.1, 0.15) is 58.4 Å². The largest absolute Gasteiger partial charge is 0.329 e. The summed E-state index contributed by atoms with van der Waals surface area (Å²) < 4.78 is 0. The first-order valence-electron chi connectivity index (χ1n) is 7.99. The average molecular weight is 273 g/mol. The van der Waals surface area contributed by atoms with Gasteiger partial charge in [0.1, 0.15) is 0 Å². The van der Waals surface area contributed by atoms with Crippen molar-refractivity contribution >= 4 is 12.8 Å². The van der Waals surface area contributed by atoms with Gasteiger partial charge in [-0.1, -0.05) is 64.2 Å². The topological polar surface area (TPSA) is 32.9 Å². The molecule has 0 bridgehead atoms. The molecule has 0 spiro atoms. The van der Waals surface area contributed by atoms with Crippen molar-refractivity contribution in [2.24, 2.45) is 5.92 Å². The molecule has 20 heavy (non-hydrogen) atoms. The molecule has 0 saturated heterocycles. The highest BCUT2D eigenvalue weighted by Crippen LogP contribution is 2.32. The van der Waals surface area contributed by atoms with Crippen LogP contribution in [0.5, 0.6) is 0 Å². The summed E-state index contributed by atoms with van der Waals surface area (Å²) in [6, 6.07) is 3.75. The first kappa shape index (κ1) is 16.8. The van der Waals surface area contributed by atoms with E-state index in [1.54, 1.807) is 6.20 Å². The van der Waals surface area contributed by atoms with E-state index in [4.69, 9.17) is 0 Å². The Kier molecular flexibility index (Phi) is 7.42. The second kappa shape index (κ2) is 8.83. The molecule has 2 nitrogen and oxygen atoms in total. The van der Waals surface area contributed by atoms with E-state index in [1.807, 2.05) is 12.1 Å². The second-order valence-electron chi connectivity index (χ2n) is 5.73. The highest BCUT2D eigenvalue weighted by molar-refractivity contribution is 6.62. The molecule has 1 rings (SSSR count). The SMILES string of the molecule is C=C(BC(CC)C(CCC)CCC)c1ccc[nH]c1=O. The first-order valence-corrected chi connectivity index (χ1v) is 7.99. The fourth-order valence-corrected chi connectivity index (χ4v) is 3.13. The van der Waals surface area contributed by atoms with Crippen LogP contribution in [0.25, 0.3) is 5.47 Å². The Morgan fingerprint density at radius 1 is 1.30 bits per heavy atom. The van der Waals surface area contributed by atoms with E-state index in [-0.39, 0.29) is 5.56 Å². The van der Waals surface area contributed by atoms with E-state index in [1.165, 1.54) is 25.7 Å². The Balaban J connectivity index is 2.79. The van der Waals surface area contributed by atoms with Gasteiger partial charge in [-0.15, -0.1) is 6.58 Å². The second-order valence-corrected chi connectivity index (χ2v) is 5.73. The summed E-state index contributed by atoms with van der Waals surface area (Å²) in [7, 11) is 0.939. The Morgan fingerprint density at radius 2 is 1.95 bits per heavy atom. The minimum atomic E-state index is -0.0186. The Hall–Kier alpha value is -1.25. The van der Waals surface area contributed by atoms with Crippen LogP contribution in [0.4, 0.5) is 0 Å². The summed E-state index contributed by atoms with van der Waals surface area (Å²) in [5, 5.41) is 0. The van der Waals surface area contributed by atoms with Crippen molar-refractivity contribution < 1.29 is 0 Å². The van der Waals surface area contributed by atoms with Crippen molar-refractivity contribution in [3.63, 3.8) is 0 Å². The van der Waals surface area contributed by atoms with Gasteiger partial charge in [0.25, 0.3) is 5.56 Å². The van der Waals surface area contributed by atoms with Crippen LogP contribution in [-0.2, 0) is 0 Å². The van der Waals surface area contributed by atoms with E-state index in [0.717, 1.165) is 30.7 Å². The summed E-state index contributed by atoms with van der Waals surface area (Å²) in [6.45, 7) is 10.9. The zero-order chi connectivity index (χ0) is 15.0. The molecule has 1 heterocycles. The van der Waals surface area contributed by atoms with Gasteiger partial charge in [-0.3, -0.25) is 4.79 Å². The van der Waals surface area contributed by atoms with E-state index < -0.39 is 0 Å². The van der Waals surface area contributed by atoms with Crippen molar-refractivity contribution in [3.05, 3.63) is 40.8 Å². The number of pyridine rings is 1. The number of hydrogen-bond acceptors (Lipinski definition) is 1. The maximum Gasteiger partial charge on any atom is 0.254 e. The van der Waals surface area contributed by atoms with Crippen LogP contribution in [0.15, 0.2) is 29.7 Å². The number of hydrogen-bond donors (Lipinski definition) is 1. The van der Waals surface area contributed by atoms with Gasteiger partial charge in [0.15, 0.2) is 7.28 Å². The summed E-state index contributed by atoms with van der Waals surface area (Å²) in [4.78, 5) is 14.6. The molecular formula is C17H28BNO. The van der Waals surface area contributed by atoms with Crippen LogP contribution in [0.3, 0.4) is 0 Å². The zero-order valence-corrected chi connectivity index (χ0v) is 13.2. The minimum absolute atomic E-state index is 0.0186. The van der Waals surface area contributed by atoms with Crippen LogP contribution in [0.2, 0.25) is 5.82 Å². The van der Waals surface area contributed by atoms with Gasteiger partial charge in [0.05, 0.1) is 0 Å². The lowest BCUT2D eigenvalue weighted by molar-refractivity contribution is 0.406. The monoisotopic (exact) mass is 273 g/mol. The molecule has 1 N–H and O–H groups in total. The number of H-pyrrole nitrogens is 1. The van der Waals surface area contributed by atoms with Gasteiger partial charge in [-0.2, -0.15) is 0 Å². The molecule has 1 atom stereocenters. The van der Waals surface area contributed by atoms with Gasteiger partial charge in [0.2, 0.25) is 0 Å². The lowest BCUT2D eigenvalue weighted by Crippen LogP contribution is -2.19. The smallest absolute Gasteiger partial charge is 0.254 e. The molecule has 1 aromatic rings. The normalized spacial score (nSPS) is 12.4. The van der Waals surface area contributed by atoms with Crippen molar-refractivity contribution in [2.45, 2.75) is 58.7 Å². The maximum atomic E-state index is 11.8. The predicted molar refractivity (Wildman–Crippen MR) is 90.6 cm³/mol. The summed E-state index contributed by atoms with van der Waals surface area (Å²) in [6.07, 6.45) is 7.87. The fraction of sp³-hybridized carbons (Fsp3) is 0.588. The standard InChI is InChI=1S/C17H28BNO/c1-5-9-14(10-6-2)16(7-3)18-13(4)15-11-8-12-19-17(15)20/h8,11-12,14,16,18H,4-7,9-10H2,1-3H3,(H,19,20). The van der Waals surface area contributed by atoms with Crippen LogP contribution in [0, 0.1) is 5.92 Å². The fourth-order valence-electron chi connectivity index (χ4n) is 3.13. The number of aromatic nitrogens is 1. The highest BCUT2D eigenvalue weighted by Gasteiger charge is 2.21. The van der Waals surface area contributed by atoms with Crippen molar-refractivity contribution in [3.8, 4) is 0 Å². The lowest BCUT2D eigenvalue weighted by atomic mass is 9.51. The lowest BCUT2D eigenvalue weighted by Gasteiger charge is -2.25. The van der Waals surface area contributed by atoms with Crippen molar-refractivity contribution in [1.82, 2.24) is 4.98 Å². The minimum Gasteiger partial charge on any atom is -0.329 e. The summed E-state index contributed by atoms with van der Waals surface area (Å²) in [5.74, 6) is 1.40. The van der Waals surface area contributed by atoms with Gasteiger partial charge >= 0.3 is 0 Å². The van der Waals surface area contributed by atoms with Gasteiger partial charge < -0.3 is 4.98 Å². The van der Waals surface area contributed by atoms with E-state index in [2.05, 4.69) is 32.3 Å². The van der Waals surface area contributed by atoms with E-state index in [0.29, 0.717) is 5.82 Å². The van der Waals surface area contributed by atoms with Crippen molar-refractivity contribution in [1.29, 1.82) is 0 Å². The van der Waals surface area contributed by atoms with Crippen LogP contribution >= 0.6 is 0 Å². The molecule has 0 amide bonds. The predicted octanol–water partition coefficient (Wildman–Crippen LogP) is 4.20. The maximum absolute atomic E-state index is 11.8. The molecule has 0 aliphatic heterocycles. The Bertz CT molecular complexity index is 460. The Morgan fingerprint density at radius 3 is 2.45 bits per heavy atom. The molecule has 1 unspecified atom stereocenters. The first-order chi connectivity index (χ1) is 9.63. The molecule has 0 fully saturated rings. The zero-order valence-electron chi connectivity index (χ0n) is 13.2. The molecule has 0 saturated carbocycles. The third-order valence-electron chi connectivity index (χ3n) is 4.22. The molecule has 110 valence electrons. The van der Waals surface area contributed by atoms with E-state index in [9.17, 15) is 4.79 Å².